The van der Waals surface area contributed by atoms with Gasteiger partial charge in [0.25, 0.3) is 5.56 Å². The molecule has 3 aromatic heterocycles. The quantitative estimate of drug-likeness (QED) is 0.354. The molecular formula is C31H29F2N5O3. The average molecular weight is 558 g/mol. The Bertz CT molecular complexity index is 1800. The van der Waals surface area contributed by atoms with Gasteiger partial charge in [0.05, 0.1) is 10.9 Å². The zero-order valence-electron chi connectivity index (χ0n) is 23.0. The minimum Gasteiger partial charge on any atom is -0.461 e. The van der Waals surface area contributed by atoms with Crippen LogP contribution in [-0.2, 0) is 19.7 Å². The van der Waals surface area contributed by atoms with Gasteiger partial charge in [0, 0.05) is 44.0 Å². The van der Waals surface area contributed by atoms with Gasteiger partial charge in [-0.3, -0.25) is 4.79 Å². The number of aromatic nitrogens is 4. The Labute approximate surface area is 236 Å². The average Bonchev–Trinajstić information content (AvgIpc) is 3.56. The largest absolute Gasteiger partial charge is 0.461 e. The van der Waals surface area contributed by atoms with Gasteiger partial charge in [-0.25, -0.2) is 8.78 Å². The SMILES string of the molecule is Cn1cccc(C(O)(CC#CC#Cc2nc(OC[C@@]3(C)CCCN3)nc3c2ccn3C)c2cc(F)ccc2F)c1=O. The fourth-order valence-corrected chi connectivity index (χ4v) is 4.95. The third-order valence-corrected chi connectivity index (χ3v) is 7.30. The Morgan fingerprint density at radius 1 is 1.12 bits per heavy atom. The first-order valence-corrected chi connectivity index (χ1v) is 13.1. The molecule has 8 nitrogen and oxygen atoms in total. The van der Waals surface area contributed by atoms with Crippen molar-refractivity contribution in [2.24, 2.45) is 14.1 Å². The maximum Gasteiger partial charge on any atom is 0.319 e. The maximum atomic E-state index is 14.8. The summed E-state index contributed by atoms with van der Waals surface area (Å²) in [7, 11) is 3.36. The molecule has 2 atom stereocenters. The van der Waals surface area contributed by atoms with E-state index in [9.17, 15) is 18.7 Å². The standard InChI is InChI=1S/C31H29F2N5O3/c1-30(14-8-16-34-30)20-41-29-35-26(22-13-18-37(2)27(22)36-29)10-5-4-6-15-31(40,23-9-7-17-38(3)28(23)39)24-19-21(32)11-12-25(24)33/h7,9,11-13,17-19,34,40H,8,14-16,20H2,1-3H3/t30-,31?/m1/s1. The van der Waals surface area contributed by atoms with Crippen molar-refractivity contribution in [2.45, 2.75) is 37.3 Å². The smallest absolute Gasteiger partial charge is 0.319 e. The number of benzene rings is 1. The molecule has 0 spiro atoms. The van der Waals surface area contributed by atoms with Gasteiger partial charge >= 0.3 is 6.01 Å². The van der Waals surface area contributed by atoms with E-state index in [2.05, 4.69) is 45.9 Å². The second-order valence-electron chi connectivity index (χ2n) is 10.4. The number of hydrogen-bond donors (Lipinski definition) is 2. The molecule has 0 aliphatic carbocycles. The van der Waals surface area contributed by atoms with Gasteiger partial charge in [-0.2, -0.15) is 9.97 Å². The summed E-state index contributed by atoms with van der Waals surface area (Å²) in [4.78, 5) is 21.9. The first kappa shape index (κ1) is 28.0. The Hall–Kier alpha value is -4.51. The Kier molecular flexibility index (Phi) is 7.63. The summed E-state index contributed by atoms with van der Waals surface area (Å²) in [5.74, 6) is 9.40. The molecule has 1 aliphatic heterocycles. The molecule has 1 saturated heterocycles. The molecule has 0 radical (unpaired) electrons. The van der Waals surface area contributed by atoms with Crippen LogP contribution in [0.3, 0.4) is 0 Å². The molecule has 41 heavy (non-hydrogen) atoms. The van der Waals surface area contributed by atoms with Crippen LogP contribution < -0.4 is 15.6 Å². The highest BCUT2D eigenvalue weighted by molar-refractivity contribution is 5.82. The third-order valence-electron chi connectivity index (χ3n) is 7.30. The second kappa shape index (κ2) is 11.2. The van der Waals surface area contributed by atoms with Crippen molar-refractivity contribution in [1.82, 2.24) is 24.4 Å². The lowest BCUT2D eigenvalue weighted by Gasteiger charge is -2.27. The van der Waals surface area contributed by atoms with E-state index in [1.165, 1.54) is 29.9 Å². The lowest BCUT2D eigenvalue weighted by molar-refractivity contribution is 0.0800. The number of rotatable bonds is 6. The number of ether oxygens (including phenoxy) is 1. The topological polar surface area (TPSA) is 94.2 Å². The number of nitrogens with one attached hydrogen (secondary N) is 1. The van der Waals surface area contributed by atoms with Crippen molar-refractivity contribution >= 4 is 11.0 Å². The van der Waals surface area contributed by atoms with Crippen molar-refractivity contribution in [3.05, 3.63) is 87.6 Å². The van der Waals surface area contributed by atoms with Gasteiger partial charge in [-0.1, -0.05) is 5.92 Å². The van der Waals surface area contributed by atoms with Gasteiger partial charge in [0.1, 0.15) is 35.2 Å². The molecule has 1 fully saturated rings. The number of pyridine rings is 1. The summed E-state index contributed by atoms with van der Waals surface area (Å²) in [6.07, 6.45) is 4.99. The highest BCUT2D eigenvalue weighted by atomic mass is 19.1. The summed E-state index contributed by atoms with van der Waals surface area (Å²) in [5, 5.41) is 15.8. The van der Waals surface area contributed by atoms with Crippen LogP contribution >= 0.6 is 0 Å². The van der Waals surface area contributed by atoms with E-state index in [-0.39, 0.29) is 17.1 Å². The lowest BCUT2D eigenvalue weighted by Crippen LogP contribution is -2.42. The van der Waals surface area contributed by atoms with E-state index < -0.39 is 34.8 Å². The van der Waals surface area contributed by atoms with Crippen LogP contribution in [0, 0.1) is 35.3 Å². The molecule has 0 bridgehead atoms. The Morgan fingerprint density at radius 3 is 2.73 bits per heavy atom. The van der Waals surface area contributed by atoms with Crippen LogP contribution in [-0.4, -0.2) is 42.9 Å². The van der Waals surface area contributed by atoms with Crippen LogP contribution in [0.4, 0.5) is 8.78 Å². The minimum atomic E-state index is -2.22. The molecular weight excluding hydrogens is 528 g/mol. The van der Waals surface area contributed by atoms with Crippen molar-refractivity contribution < 1.29 is 18.6 Å². The Balaban J connectivity index is 1.46. The number of hydrogen-bond acceptors (Lipinski definition) is 6. The van der Waals surface area contributed by atoms with E-state index in [1.807, 2.05) is 23.9 Å². The number of fused-ring (bicyclic) bond motifs is 1. The van der Waals surface area contributed by atoms with Crippen molar-refractivity contribution in [2.75, 3.05) is 13.2 Å². The van der Waals surface area contributed by atoms with Gasteiger partial charge in [-0.15, -0.1) is 0 Å². The van der Waals surface area contributed by atoms with Crippen LogP contribution in [0.1, 0.15) is 43.0 Å². The minimum absolute atomic E-state index is 0.136. The van der Waals surface area contributed by atoms with Crippen molar-refractivity contribution in [3.8, 4) is 29.7 Å². The molecule has 0 amide bonds. The fourth-order valence-electron chi connectivity index (χ4n) is 4.95. The van der Waals surface area contributed by atoms with Gasteiger partial charge < -0.3 is 24.3 Å². The maximum absolute atomic E-state index is 14.8. The van der Waals surface area contributed by atoms with E-state index in [0.717, 1.165) is 37.6 Å². The number of nitrogens with zero attached hydrogens (tertiary/aromatic N) is 4. The second-order valence-corrected chi connectivity index (χ2v) is 10.4. The summed E-state index contributed by atoms with van der Waals surface area (Å²) in [5.41, 5.74) is -2.40. The summed E-state index contributed by atoms with van der Waals surface area (Å²) in [6.45, 7) is 3.44. The zero-order chi connectivity index (χ0) is 29.2. The highest BCUT2D eigenvalue weighted by Gasteiger charge is 2.36. The van der Waals surface area contributed by atoms with Gasteiger partial charge in [0.2, 0.25) is 0 Å². The molecule has 4 aromatic rings. The molecule has 2 N–H and O–H groups in total. The molecule has 5 rings (SSSR count). The molecule has 4 heterocycles. The van der Waals surface area contributed by atoms with E-state index >= 15 is 0 Å². The fraction of sp³-hybridized carbons (Fsp3) is 0.323. The first-order valence-electron chi connectivity index (χ1n) is 13.1. The molecule has 210 valence electrons. The number of aliphatic hydroxyl groups is 1. The highest BCUT2D eigenvalue weighted by Crippen LogP contribution is 2.33. The van der Waals surface area contributed by atoms with E-state index in [4.69, 9.17) is 4.74 Å². The van der Waals surface area contributed by atoms with E-state index in [1.54, 1.807) is 0 Å². The molecule has 10 heteroatoms. The molecule has 0 saturated carbocycles. The molecule has 1 aromatic carbocycles. The monoisotopic (exact) mass is 557 g/mol. The van der Waals surface area contributed by atoms with Crippen molar-refractivity contribution in [1.29, 1.82) is 0 Å². The van der Waals surface area contributed by atoms with Crippen LogP contribution in [0.15, 0.2) is 53.6 Å². The van der Waals surface area contributed by atoms with Crippen molar-refractivity contribution in [3.63, 3.8) is 0 Å². The third kappa shape index (κ3) is 5.71. The summed E-state index contributed by atoms with van der Waals surface area (Å²) >= 11 is 0. The Morgan fingerprint density at radius 2 is 1.95 bits per heavy atom. The summed E-state index contributed by atoms with van der Waals surface area (Å²) in [6, 6.07) is 7.65. The summed E-state index contributed by atoms with van der Waals surface area (Å²) < 4.78 is 37.9. The van der Waals surface area contributed by atoms with Crippen LogP contribution in [0.2, 0.25) is 0 Å². The van der Waals surface area contributed by atoms with Crippen LogP contribution in [0.5, 0.6) is 6.01 Å². The first-order chi connectivity index (χ1) is 19.6. The zero-order valence-corrected chi connectivity index (χ0v) is 23.0. The predicted octanol–water partition coefficient (Wildman–Crippen LogP) is 3.15. The normalized spacial score (nSPS) is 17.8. The molecule has 1 unspecified atom stereocenters. The predicted molar refractivity (Wildman–Crippen MR) is 150 cm³/mol. The van der Waals surface area contributed by atoms with E-state index in [0.29, 0.717) is 23.3 Å². The number of halogens is 2. The molecule has 1 aliphatic rings. The number of aryl methyl sites for hydroxylation is 2. The van der Waals surface area contributed by atoms with Gasteiger partial charge in [-0.05, 0) is 80.5 Å². The van der Waals surface area contributed by atoms with Gasteiger partial charge in [0.15, 0.2) is 0 Å². The lowest BCUT2D eigenvalue weighted by atomic mass is 9.84. The van der Waals surface area contributed by atoms with Crippen LogP contribution in [0.25, 0.3) is 11.0 Å².